The first-order valence-electron chi connectivity index (χ1n) is 12.6. The number of hydrogen-bond acceptors (Lipinski definition) is 5. The summed E-state index contributed by atoms with van der Waals surface area (Å²) in [5.74, 6) is -0.856. The van der Waals surface area contributed by atoms with Gasteiger partial charge in [0, 0.05) is 19.6 Å². The molecule has 10 heteroatoms. The van der Waals surface area contributed by atoms with Crippen LogP contribution in [0.15, 0.2) is 72.8 Å². The number of amides is 2. The molecule has 2 N–H and O–H groups in total. The van der Waals surface area contributed by atoms with Gasteiger partial charge in [0.15, 0.2) is 6.10 Å². The number of urea groups is 1. The number of carbonyl (C=O) groups excluding carboxylic acids is 1. The Morgan fingerprint density at radius 1 is 0.897 bits per heavy atom. The zero-order valence-electron chi connectivity index (χ0n) is 21.6. The van der Waals surface area contributed by atoms with Crippen molar-refractivity contribution in [3.63, 3.8) is 0 Å². The molecule has 0 fully saturated rings. The van der Waals surface area contributed by atoms with E-state index < -0.39 is 23.9 Å². The molecule has 1 unspecified atom stereocenters. The number of benzene rings is 3. The Morgan fingerprint density at radius 3 is 2.18 bits per heavy atom. The molecule has 1 atom stereocenters. The van der Waals surface area contributed by atoms with Crippen molar-refractivity contribution in [3.05, 3.63) is 90.0 Å². The summed E-state index contributed by atoms with van der Waals surface area (Å²) in [4.78, 5) is 25.7. The second-order valence-electron chi connectivity index (χ2n) is 8.53. The highest BCUT2D eigenvalue weighted by Gasteiger charge is 2.18. The summed E-state index contributed by atoms with van der Waals surface area (Å²) in [5, 5.41) is 11.8. The molecule has 0 aliphatic rings. The van der Waals surface area contributed by atoms with Crippen LogP contribution >= 0.6 is 0 Å². The molecular weight excluding hydrogens is 510 g/mol. The first-order valence-corrected chi connectivity index (χ1v) is 12.6. The summed E-state index contributed by atoms with van der Waals surface area (Å²) in [6.07, 6.45) is -0.218. The van der Waals surface area contributed by atoms with E-state index in [4.69, 9.17) is 14.2 Å². The lowest BCUT2D eigenvalue weighted by Gasteiger charge is -2.23. The molecule has 0 radical (unpaired) electrons. The second-order valence-corrected chi connectivity index (χ2v) is 8.53. The average Bonchev–Trinajstić information content (AvgIpc) is 2.92. The van der Waals surface area contributed by atoms with Gasteiger partial charge in [-0.2, -0.15) is 0 Å². The number of carboxylic acids is 1. The minimum atomic E-state index is -1.02. The van der Waals surface area contributed by atoms with Gasteiger partial charge < -0.3 is 29.5 Å². The fourth-order valence-electron chi connectivity index (χ4n) is 3.68. The van der Waals surface area contributed by atoms with Gasteiger partial charge in [-0.1, -0.05) is 24.3 Å². The lowest BCUT2D eigenvalue weighted by atomic mass is 10.1. The van der Waals surface area contributed by atoms with Crippen LogP contribution in [0.3, 0.4) is 0 Å². The van der Waals surface area contributed by atoms with Crippen LogP contribution in [0.2, 0.25) is 0 Å². The summed E-state index contributed by atoms with van der Waals surface area (Å²) >= 11 is 0. The van der Waals surface area contributed by atoms with Gasteiger partial charge in [-0.15, -0.1) is 0 Å². The summed E-state index contributed by atoms with van der Waals surface area (Å²) < 4.78 is 43.8. The normalized spacial score (nSPS) is 11.5. The lowest BCUT2D eigenvalue weighted by Crippen LogP contribution is -2.39. The minimum absolute atomic E-state index is 0.0679. The van der Waals surface area contributed by atoms with E-state index in [2.05, 4.69) is 5.32 Å². The molecule has 0 aromatic heterocycles. The van der Waals surface area contributed by atoms with Crippen LogP contribution in [-0.4, -0.2) is 61.0 Å². The SMILES string of the molecule is CCOC(Cc1ccc(OCCN(CCCOc2ccc(F)cc2)C(=O)Nc2ccccc2F)cc1)C(=O)O. The Hall–Kier alpha value is -4.18. The van der Waals surface area contributed by atoms with E-state index in [1.165, 1.54) is 47.4 Å². The summed E-state index contributed by atoms with van der Waals surface area (Å²) in [7, 11) is 0. The highest BCUT2D eigenvalue weighted by molar-refractivity contribution is 5.89. The molecule has 3 aromatic carbocycles. The van der Waals surface area contributed by atoms with Crippen LogP contribution in [0.1, 0.15) is 18.9 Å². The van der Waals surface area contributed by atoms with E-state index in [1.807, 2.05) is 0 Å². The number of anilines is 1. The summed E-state index contributed by atoms with van der Waals surface area (Å²) in [6, 6.07) is 18.0. The fraction of sp³-hybridized carbons (Fsp3) is 0.310. The van der Waals surface area contributed by atoms with E-state index in [0.29, 0.717) is 31.1 Å². The Morgan fingerprint density at radius 2 is 1.54 bits per heavy atom. The van der Waals surface area contributed by atoms with Crippen molar-refractivity contribution in [2.75, 3.05) is 38.2 Å². The summed E-state index contributed by atoms with van der Waals surface area (Å²) in [5.41, 5.74) is 0.855. The highest BCUT2D eigenvalue weighted by Crippen LogP contribution is 2.16. The Bertz CT molecular complexity index is 1190. The zero-order valence-corrected chi connectivity index (χ0v) is 21.6. The number of para-hydroxylation sites is 1. The second kappa shape index (κ2) is 15.3. The highest BCUT2D eigenvalue weighted by atomic mass is 19.1. The number of ether oxygens (including phenoxy) is 3. The number of carboxylic acid groups (broad SMARTS) is 1. The minimum Gasteiger partial charge on any atom is -0.494 e. The molecule has 0 bridgehead atoms. The van der Waals surface area contributed by atoms with E-state index in [9.17, 15) is 23.5 Å². The maximum absolute atomic E-state index is 14.1. The largest absolute Gasteiger partial charge is 0.494 e. The first-order chi connectivity index (χ1) is 18.9. The number of nitrogens with zero attached hydrogens (tertiary/aromatic N) is 1. The average molecular weight is 543 g/mol. The van der Waals surface area contributed by atoms with Crippen LogP contribution in [0.5, 0.6) is 11.5 Å². The molecule has 3 rings (SSSR count). The molecule has 208 valence electrons. The molecule has 3 aromatic rings. The predicted molar refractivity (Wildman–Crippen MR) is 142 cm³/mol. The van der Waals surface area contributed by atoms with Crippen molar-refractivity contribution < 1.29 is 37.7 Å². The summed E-state index contributed by atoms with van der Waals surface area (Å²) in [6.45, 7) is 3.01. The predicted octanol–water partition coefficient (Wildman–Crippen LogP) is 5.38. The molecule has 0 spiro atoms. The molecule has 8 nitrogen and oxygen atoms in total. The first kappa shape index (κ1) is 29.4. The number of nitrogens with one attached hydrogen (secondary N) is 1. The molecular formula is C29H32F2N2O6. The molecule has 0 aliphatic heterocycles. The molecule has 0 saturated heterocycles. The van der Waals surface area contributed by atoms with Gasteiger partial charge in [0.2, 0.25) is 0 Å². The Labute approximate surface area is 226 Å². The lowest BCUT2D eigenvalue weighted by molar-refractivity contribution is -0.149. The standard InChI is InChI=1S/C29H32F2N2O6/c1-2-37-27(28(34)35)20-21-8-12-23(13-9-21)39-19-17-33(29(36)32-26-7-4-3-6-25(26)31)16-5-18-38-24-14-10-22(30)11-15-24/h3-4,6-15,27H,2,5,16-20H2,1H3,(H,32,36)(H,34,35). The van der Waals surface area contributed by atoms with Crippen LogP contribution < -0.4 is 14.8 Å². The zero-order chi connectivity index (χ0) is 28.0. The van der Waals surface area contributed by atoms with Crippen molar-refractivity contribution in [2.45, 2.75) is 25.9 Å². The third kappa shape index (κ3) is 9.90. The van der Waals surface area contributed by atoms with Crippen LogP contribution in [0, 0.1) is 11.6 Å². The van der Waals surface area contributed by atoms with E-state index in [-0.39, 0.29) is 37.7 Å². The smallest absolute Gasteiger partial charge is 0.333 e. The molecule has 0 aliphatic carbocycles. The topological polar surface area (TPSA) is 97.3 Å². The van der Waals surface area contributed by atoms with E-state index in [0.717, 1.165) is 5.56 Å². The number of hydrogen-bond donors (Lipinski definition) is 2. The van der Waals surface area contributed by atoms with Crippen molar-refractivity contribution in [2.24, 2.45) is 0 Å². The van der Waals surface area contributed by atoms with Crippen molar-refractivity contribution >= 4 is 17.7 Å². The molecule has 2 amide bonds. The van der Waals surface area contributed by atoms with Gasteiger partial charge >= 0.3 is 12.0 Å². The van der Waals surface area contributed by atoms with Crippen LogP contribution in [0.4, 0.5) is 19.3 Å². The van der Waals surface area contributed by atoms with Gasteiger partial charge in [0.1, 0.15) is 29.7 Å². The number of rotatable bonds is 15. The van der Waals surface area contributed by atoms with Gasteiger partial charge in [-0.05, 0) is 67.4 Å². The molecule has 0 heterocycles. The monoisotopic (exact) mass is 542 g/mol. The Kier molecular flexibility index (Phi) is 11.5. The van der Waals surface area contributed by atoms with Gasteiger partial charge in [-0.25, -0.2) is 18.4 Å². The maximum atomic E-state index is 14.1. The number of aliphatic carboxylic acids is 1. The number of halogens is 2. The molecule has 0 saturated carbocycles. The van der Waals surface area contributed by atoms with Gasteiger partial charge in [0.25, 0.3) is 0 Å². The third-order valence-corrected chi connectivity index (χ3v) is 5.68. The quantitative estimate of drug-likeness (QED) is 0.250. The van der Waals surface area contributed by atoms with E-state index >= 15 is 0 Å². The fourth-order valence-corrected chi connectivity index (χ4v) is 3.68. The van der Waals surface area contributed by atoms with Gasteiger partial charge in [-0.3, -0.25) is 0 Å². The molecule has 39 heavy (non-hydrogen) atoms. The third-order valence-electron chi connectivity index (χ3n) is 5.68. The van der Waals surface area contributed by atoms with Crippen molar-refractivity contribution in [1.29, 1.82) is 0 Å². The van der Waals surface area contributed by atoms with Crippen molar-refractivity contribution in [1.82, 2.24) is 4.90 Å². The van der Waals surface area contributed by atoms with Crippen LogP contribution in [0.25, 0.3) is 0 Å². The van der Waals surface area contributed by atoms with Gasteiger partial charge in [0.05, 0.1) is 18.8 Å². The Balaban J connectivity index is 1.54. The number of carbonyl (C=O) groups is 2. The maximum Gasteiger partial charge on any atom is 0.333 e. The van der Waals surface area contributed by atoms with E-state index in [1.54, 1.807) is 37.3 Å². The van der Waals surface area contributed by atoms with Crippen molar-refractivity contribution in [3.8, 4) is 11.5 Å². The van der Waals surface area contributed by atoms with Crippen LogP contribution in [-0.2, 0) is 16.0 Å².